The lowest BCUT2D eigenvalue weighted by molar-refractivity contribution is 1.11. The van der Waals surface area contributed by atoms with Crippen molar-refractivity contribution >= 4 is 5.69 Å². The van der Waals surface area contributed by atoms with E-state index in [4.69, 9.17) is 4.98 Å². The second-order valence-corrected chi connectivity index (χ2v) is 5.82. The zero-order valence-electron chi connectivity index (χ0n) is 13.9. The summed E-state index contributed by atoms with van der Waals surface area (Å²) < 4.78 is 0. The van der Waals surface area contributed by atoms with Crippen LogP contribution in [0.4, 0.5) is 5.69 Å². The molecule has 0 aromatic carbocycles. The van der Waals surface area contributed by atoms with Crippen LogP contribution in [0.2, 0.25) is 0 Å². The van der Waals surface area contributed by atoms with Crippen molar-refractivity contribution < 1.29 is 0 Å². The van der Waals surface area contributed by atoms with Crippen LogP contribution in [0, 0.1) is 13.8 Å². The first-order chi connectivity index (χ1) is 11.0. The molecule has 23 heavy (non-hydrogen) atoms. The summed E-state index contributed by atoms with van der Waals surface area (Å²) in [6.45, 7) is 3.98. The van der Waals surface area contributed by atoms with E-state index in [0.29, 0.717) is 0 Å². The van der Waals surface area contributed by atoms with Gasteiger partial charge in [-0.15, -0.1) is 0 Å². The Balaban J connectivity index is 2.17. The lowest BCUT2D eigenvalue weighted by Gasteiger charge is -2.15. The molecule has 3 rings (SSSR count). The largest absolute Gasteiger partial charge is 0.378 e. The van der Waals surface area contributed by atoms with Gasteiger partial charge in [0.2, 0.25) is 0 Å². The maximum atomic E-state index is 4.79. The first-order valence-electron chi connectivity index (χ1n) is 7.60. The molecule has 0 amide bonds. The Bertz CT molecular complexity index is 777. The molecule has 0 aliphatic rings. The number of nitrogens with zero attached hydrogens (tertiary/aromatic N) is 4. The molecule has 0 fully saturated rings. The molecule has 0 saturated carbocycles. The molecule has 3 heterocycles. The van der Waals surface area contributed by atoms with E-state index in [1.54, 1.807) is 0 Å². The fourth-order valence-corrected chi connectivity index (χ4v) is 2.41. The minimum absolute atomic E-state index is 0.859. The molecule has 4 nitrogen and oxygen atoms in total. The normalized spacial score (nSPS) is 10.6. The fraction of sp³-hybridized carbons (Fsp3) is 0.211. The molecular weight excluding hydrogens is 284 g/mol. The molecule has 0 spiro atoms. The summed E-state index contributed by atoms with van der Waals surface area (Å²) in [6, 6.07) is 16.1. The van der Waals surface area contributed by atoms with Gasteiger partial charge in [0.05, 0.1) is 22.8 Å². The highest BCUT2D eigenvalue weighted by Gasteiger charge is 2.10. The molecule has 0 aliphatic carbocycles. The second kappa shape index (κ2) is 6.16. The SMILES string of the molecule is Cc1cccc(-c2cc(N(C)C)cc(-c3cccc(C)n3)n2)n1. The Kier molecular flexibility index (Phi) is 4.06. The Hall–Kier alpha value is -2.75. The molecule has 0 radical (unpaired) electrons. The number of aryl methyl sites for hydroxylation is 2. The molecule has 116 valence electrons. The fourth-order valence-electron chi connectivity index (χ4n) is 2.41. The molecule has 4 heteroatoms. The van der Waals surface area contributed by atoms with Crippen LogP contribution < -0.4 is 4.90 Å². The first kappa shape index (κ1) is 15.2. The van der Waals surface area contributed by atoms with E-state index in [1.807, 2.05) is 64.3 Å². The summed E-state index contributed by atoms with van der Waals surface area (Å²) in [6.07, 6.45) is 0. The highest BCUT2D eigenvalue weighted by molar-refractivity contribution is 5.69. The summed E-state index contributed by atoms with van der Waals surface area (Å²) in [5, 5.41) is 0. The van der Waals surface area contributed by atoms with Gasteiger partial charge in [0.15, 0.2) is 0 Å². The van der Waals surface area contributed by atoms with Gasteiger partial charge in [0.1, 0.15) is 0 Å². The number of aromatic nitrogens is 3. The van der Waals surface area contributed by atoms with E-state index in [2.05, 4.69) is 27.0 Å². The summed E-state index contributed by atoms with van der Waals surface area (Å²) >= 11 is 0. The van der Waals surface area contributed by atoms with Crippen molar-refractivity contribution in [3.05, 3.63) is 59.9 Å². The maximum absolute atomic E-state index is 4.79. The maximum Gasteiger partial charge on any atom is 0.0915 e. The molecule has 3 aromatic rings. The molecular formula is C19H20N4. The molecule has 3 aromatic heterocycles. The van der Waals surface area contributed by atoms with E-state index in [1.165, 1.54) is 0 Å². The van der Waals surface area contributed by atoms with Crippen LogP contribution in [-0.4, -0.2) is 29.0 Å². The predicted molar refractivity (Wildman–Crippen MR) is 94.5 cm³/mol. The van der Waals surface area contributed by atoms with Crippen LogP contribution in [0.25, 0.3) is 22.8 Å². The van der Waals surface area contributed by atoms with Gasteiger partial charge in [0, 0.05) is 31.2 Å². The summed E-state index contributed by atoms with van der Waals surface area (Å²) in [4.78, 5) is 16.0. The zero-order valence-corrected chi connectivity index (χ0v) is 13.9. The summed E-state index contributed by atoms with van der Waals surface area (Å²) in [7, 11) is 4.05. The number of rotatable bonds is 3. The number of pyridine rings is 3. The van der Waals surface area contributed by atoms with E-state index in [-0.39, 0.29) is 0 Å². The van der Waals surface area contributed by atoms with Crippen molar-refractivity contribution in [1.29, 1.82) is 0 Å². The van der Waals surface area contributed by atoms with E-state index >= 15 is 0 Å². The lowest BCUT2D eigenvalue weighted by Crippen LogP contribution is -2.09. The van der Waals surface area contributed by atoms with Crippen LogP contribution >= 0.6 is 0 Å². The monoisotopic (exact) mass is 304 g/mol. The van der Waals surface area contributed by atoms with Crippen molar-refractivity contribution in [2.24, 2.45) is 0 Å². The minimum atomic E-state index is 0.859. The third kappa shape index (κ3) is 3.37. The zero-order chi connectivity index (χ0) is 16.4. The van der Waals surface area contributed by atoms with E-state index in [9.17, 15) is 0 Å². The quantitative estimate of drug-likeness (QED) is 0.736. The lowest BCUT2D eigenvalue weighted by atomic mass is 10.1. The molecule has 0 bridgehead atoms. The van der Waals surface area contributed by atoms with Gasteiger partial charge < -0.3 is 4.90 Å². The summed E-state index contributed by atoms with van der Waals surface area (Å²) in [5.41, 5.74) is 6.52. The van der Waals surface area contributed by atoms with Crippen LogP contribution in [0.15, 0.2) is 48.5 Å². The molecule has 0 N–H and O–H groups in total. The van der Waals surface area contributed by atoms with Crippen LogP contribution in [0.1, 0.15) is 11.4 Å². The topological polar surface area (TPSA) is 41.9 Å². The predicted octanol–water partition coefficient (Wildman–Crippen LogP) is 3.89. The summed E-state index contributed by atoms with van der Waals surface area (Å²) in [5.74, 6) is 0. The molecule has 0 atom stereocenters. The van der Waals surface area contributed by atoms with Crippen molar-refractivity contribution in [3.63, 3.8) is 0 Å². The number of hydrogen-bond acceptors (Lipinski definition) is 4. The van der Waals surface area contributed by atoms with Gasteiger partial charge in [-0.3, -0.25) is 9.97 Å². The average molecular weight is 304 g/mol. The molecule has 0 aliphatic heterocycles. The smallest absolute Gasteiger partial charge is 0.0915 e. The van der Waals surface area contributed by atoms with E-state index < -0.39 is 0 Å². The second-order valence-electron chi connectivity index (χ2n) is 5.82. The highest BCUT2D eigenvalue weighted by Crippen LogP contribution is 2.26. The van der Waals surface area contributed by atoms with Gasteiger partial charge in [-0.2, -0.15) is 0 Å². The van der Waals surface area contributed by atoms with Crippen LogP contribution in [0.3, 0.4) is 0 Å². The minimum Gasteiger partial charge on any atom is -0.378 e. The molecule has 0 saturated heterocycles. The van der Waals surface area contributed by atoms with Crippen molar-refractivity contribution in [3.8, 4) is 22.8 Å². The number of hydrogen-bond donors (Lipinski definition) is 0. The Labute approximate surface area is 136 Å². The van der Waals surface area contributed by atoms with Gasteiger partial charge in [-0.05, 0) is 50.2 Å². The third-order valence-corrected chi connectivity index (χ3v) is 3.63. The first-order valence-corrected chi connectivity index (χ1v) is 7.60. The average Bonchev–Trinajstić information content (AvgIpc) is 2.54. The Morgan fingerprint density at radius 3 is 1.52 bits per heavy atom. The molecule has 0 unspecified atom stereocenters. The van der Waals surface area contributed by atoms with Crippen molar-refractivity contribution in [2.75, 3.05) is 19.0 Å². The Morgan fingerprint density at radius 2 is 1.13 bits per heavy atom. The van der Waals surface area contributed by atoms with Crippen molar-refractivity contribution in [1.82, 2.24) is 15.0 Å². The van der Waals surface area contributed by atoms with E-state index in [0.717, 1.165) is 39.9 Å². The van der Waals surface area contributed by atoms with Gasteiger partial charge in [0.25, 0.3) is 0 Å². The van der Waals surface area contributed by atoms with Gasteiger partial charge in [-0.25, -0.2) is 4.98 Å². The Morgan fingerprint density at radius 1 is 0.652 bits per heavy atom. The van der Waals surface area contributed by atoms with Crippen LogP contribution in [-0.2, 0) is 0 Å². The van der Waals surface area contributed by atoms with Crippen molar-refractivity contribution in [2.45, 2.75) is 13.8 Å². The highest BCUT2D eigenvalue weighted by atomic mass is 15.1. The standard InChI is InChI=1S/C19H20N4/c1-13-7-5-9-16(20-13)18-11-15(23(3)4)12-19(22-18)17-10-6-8-14(2)21-17/h5-12H,1-4H3. The van der Waals surface area contributed by atoms with Gasteiger partial charge in [-0.1, -0.05) is 12.1 Å². The van der Waals surface area contributed by atoms with Crippen LogP contribution in [0.5, 0.6) is 0 Å². The number of anilines is 1. The van der Waals surface area contributed by atoms with Gasteiger partial charge >= 0.3 is 0 Å². The third-order valence-electron chi connectivity index (χ3n) is 3.63.